The molecule has 0 spiro atoms. The molecule has 0 fully saturated rings. The quantitative estimate of drug-likeness (QED) is 0.660. The molecule has 0 aliphatic rings. The molecule has 0 saturated carbocycles. The standard InChI is InChI=1S/C14H12ClN3OS2/c15-8-4-7-12(19)17-13-11(9-16)21-14(20)18(13)10-5-2-1-3-6-10/h1-3,5-6H,4,7-8H2,(H,17,19). The number of rotatable bonds is 5. The molecule has 0 atom stereocenters. The predicted octanol–water partition coefficient (Wildman–Crippen LogP) is 4.10. The number of nitrogens with zero attached hydrogens (tertiary/aromatic N) is 2. The number of benzene rings is 1. The summed E-state index contributed by atoms with van der Waals surface area (Å²) in [5.41, 5.74) is 0.813. The zero-order valence-electron chi connectivity index (χ0n) is 11.0. The molecule has 2 rings (SSSR count). The number of carbonyl (C=O) groups is 1. The summed E-state index contributed by atoms with van der Waals surface area (Å²) < 4.78 is 2.22. The molecule has 108 valence electrons. The number of hydrogen-bond donors (Lipinski definition) is 1. The second kappa shape index (κ2) is 7.36. The number of thiazole rings is 1. The first-order chi connectivity index (χ1) is 10.2. The molecule has 0 unspecified atom stereocenters. The topological polar surface area (TPSA) is 57.8 Å². The minimum Gasteiger partial charge on any atom is -0.310 e. The Morgan fingerprint density at radius 3 is 2.76 bits per heavy atom. The van der Waals surface area contributed by atoms with Crippen molar-refractivity contribution in [3.63, 3.8) is 0 Å². The first-order valence-corrected chi connectivity index (χ1v) is 8.00. The number of nitrogens with one attached hydrogen (secondary N) is 1. The molecule has 2 aromatic rings. The van der Waals surface area contributed by atoms with Gasteiger partial charge in [-0.25, -0.2) is 0 Å². The van der Waals surface area contributed by atoms with Crippen LogP contribution in [0.5, 0.6) is 0 Å². The molecule has 0 aliphatic heterocycles. The largest absolute Gasteiger partial charge is 0.310 e. The van der Waals surface area contributed by atoms with Gasteiger partial charge in [0.05, 0.1) is 0 Å². The fraction of sp³-hybridized carbons (Fsp3) is 0.214. The highest BCUT2D eigenvalue weighted by Crippen LogP contribution is 2.28. The van der Waals surface area contributed by atoms with Crippen LogP contribution in [0, 0.1) is 15.3 Å². The van der Waals surface area contributed by atoms with Crippen LogP contribution in [0.25, 0.3) is 5.69 Å². The Bertz CT molecular complexity index is 731. The Hall–Kier alpha value is -1.68. The number of nitriles is 1. The number of halogens is 1. The van der Waals surface area contributed by atoms with Crippen LogP contribution in [-0.4, -0.2) is 16.4 Å². The molecule has 1 amide bonds. The van der Waals surface area contributed by atoms with Gasteiger partial charge in [0, 0.05) is 18.0 Å². The third-order valence-electron chi connectivity index (χ3n) is 2.72. The molecule has 4 nitrogen and oxygen atoms in total. The van der Waals surface area contributed by atoms with E-state index < -0.39 is 0 Å². The fourth-order valence-corrected chi connectivity index (χ4v) is 3.12. The zero-order valence-corrected chi connectivity index (χ0v) is 13.4. The average Bonchev–Trinajstić information content (AvgIpc) is 2.81. The van der Waals surface area contributed by atoms with E-state index in [4.69, 9.17) is 23.8 Å². The summed E-state index contributed by atoms with van der Waals surface area (Å²) in [6, 6.07) is 11.5. The maximum atomic E-state index is 11.9. The van der Waals surface area contributed by atoms with Crippen molar-refractivity contribution in [2.45, 2.75) is 12.8 Å². The van der Waals surface area contributed by atoms with E-state index in [1.165, 1.54) is 11.3 Å². The lowest BCUT2D eigenvalue weighted by molar-refractivity contribution is -0.116. The van der Waals surface area contributed by atoms with Crippen LogP contribution in [0.15, 0.2) is 30.3 Å². The van der Waals surface area contributed by atoms with E-state index >= 15 is 0 Å². The van der Waals surface area contributed by atoms with Gasteiger partial charge >= 0.3 is 0 Å². The van der Waals surface area contributed by atoms with Crippen molar-refractivity contribution in [1.82, 2.24) is 4.57 Å². The minimum absolute atomic E-state index is 0.176. The van der Waals surface area contributed by atoms with Crippen LogP contribution in [-0.2, 0) is 4.79 Å². The molecule has 1 N–H and O–H groups in total. The van der Waals surface area contributed by atoms with E-state index in [9.17, 15) is 10.1 Å². The summed E-state index contributed by atoms with van der Waals surface area (Å²) in [7, 11) is 0. The second-order valence-electron chi connectivity index (χ2n) is 4.17. The lowest BCUT2D eigenvalue weighted by Crippen LogP contribution is -2.15. The van der Waals surface area contributed by atoms with Crippen LogP contribution in [0.1, 0.15) is 17.7 Å². The zero-order chi connectivity index (χ0) is 15.2. The van der Waals surface area contributed by atoms with Crippen molar-refractivity contribution in [3.8, 4) is 11.8 Å². The Labute approximate surface area is 136 Å². The smallest absolute Gasteiger partial charge is 0.225 e. The lowest BCUT2D eigenvalue weighted by atomic mass is 10.3. The minimum atomic E-state index is -0.176. The molecule has 0 saturated heterocycles. The maximum absolute atomic E-state index is 11.9. The first kappa shape index (κ1) is 15.7. The van der Waals surface area contributed by atoms with Gasteiger partial charge < -0.3 is 5.32 Å². The number of hydrogen-bond acceptors (Lipinski definition) is 4. The molecular formula is C14H12ClN3OS2. The summed E-state index contributed by atoms with van der Waals surface area (Å²) in [6.45, 7) is 0. The highest BCUT2D eigenvalue weighted by Gasteiger charge is 2.16. The van der Waals surface area contributed by atoms with Crippen LogP contribution >= 0.6 is 35.2 Å². The summed E-state index contributed by atoms with van der Waals surface area (Å²) in [5.74, 6) is 0.676. The van der Waals surface area contributed by atoms with Gasteiger partial charge in [-0.15, -0.1) is 11.6 Å². The number of para-hydroxylation sites is 1. The summed E-state index contributed by atoms with van der Waals surface area (Å²) in [6.07, 6.45) is 0.900. The van der Waals surface area contributed by atoms with E-state index in [-0.39, 0.29) is 5.91 Å². The summed E-state index contributed by atoms with van der Waals surface area (Å²) in [4.78, 5) is 12.3. The molecule has 1 heterocycles. The summed E-state index contributed by atoms with van der Waals surface area (Å²) in [5, 5.41) is 12.0. The number of alkyl halides is 1. The van der Waals surface area contributed by atoms with Crippen LogP contribution < -0.4 is 5.32 Å². The van der Waals surface area contributed by atoms with Gasteiger partial charge in [0.1, 0.15) is 16.8 Å². The van der Waals surface area contributed by atoms with Gasteiger partial charge in [-0.3, -0.25) is 9.36 Å². The normalized spacial score (nSPS) is 10.1. The van der Waals surface area contributed by atoms with Crippen molar-refractivity contribution in [3.05, 3.63) is 39.2 Å². The molecule has 0 radical (unpaired) electrons. The molecule has 1 aromatic carbocycles. The Balaban J connectivity index is 2.42. The molecule has 0 bridgehead atoms. The van der Waals surface area contributed by atoms with Crippen molar-refractivity contribution in [2.75, 3.05) is 11.2 Å². The van der Waals surface area contributed by atoms with Gasteiger partial charge in [-0.2, -0.15) is 5.26 Å². The second-order valence-corrected chi connectivity index (χ2v) is 6.19. The van der Waals surface area contributed by atoms with Crippen molar-refractivity contribution < 1.29 is 4.79 Å². The number of carbonyl (C=O) groups excluding carboxylic acids is 1. The fourth-order valence-electron chi connectivity index (χ4n) is 1.80. The Morgan fingerprint density at radius 1 is 1.43 bits per heavy atom. The van der Waals surface area contributed by atoms with Crippen LogP contribution in [0.3, 0.4) is 0 Å². The van der Waals surface area contributed by atoms with Crippen molar-refractivity contribution in [2.24, 2.45) is 0 Å². The maximum Gasteiger partial charge on any atom is 0.225 e. The highest BCUT2D eigenvalue weighted by molar-refractivity contribution is 7.73. The van der Waals surface area contributed by atoms with E-state index in [0.717, 1.165) is 5.69 Å². The first-order valence-electron chi connectivity index (χ1n) is 6.24. The van der Waals surface area contributed by atoms with E-state index in [2.05, 4.69) is 11.4 Å². The Kier molecular flexibility index (Phi) is 5.51. The van der Waals surface area contributed by atoms with Crippen molar-refractivity contribution >= 4 is 46.9 Å². The van der Waals surface area contributed by atoms with E-state index in [0.29, 0.717) is 33.4 Å². The third kappa shape index (κ3) is 3.70. The number of anilines is 1. The molecular weight excluding hydrogens is 326 g/mol. The van der Waals surface area contributed by atoms with E-state index in [1.54, 1.807) is 4.57 Å². The van der Waals surface area contributed by atoms with Gasteiger partial charge in [0.25, 0.3) is 0 Å². The lowest BCUT2D eigenvalue weighted by Gasteiger charge is -2.10. The highest BCUT2D eigenvalue weighted by atomic mass is 35.5. The van der Waals surface area contributed by atoms with Gasteiger partial charge in [-0.1, -0.05) is 29.5 Å². The SMILES string of the molecule is N#Cc1sc(=S)n(-c2ccccc2)c1NC(=O)CCCCl. The third-order valence-corrected chi connectivity index (χ3v) is 4.27. The predicted molar refractivity (Wildman–Crippen MR) is 87.8 cm³/mol. The van der Waals surface area contributed by atoms with Crippen LogP contribution in [0.2, 0.25) is 0 Å². The van der Waals surface area contributed by atoms with Crippen molar-refractivity contribution in [1.29, 1.82) is 5.26 Å². The molecule has 1 aromatic heterocycles. The molecule has 21 heavy (non-hydrogen) atoms. The molecule has 7 heteroatoms. The monoisotopic (exact) mass is 337 g/mol. The van der Waals surface area contributed by atoms with Gasteiger partial charge in [0.2, 0.25) is 5.91 Å². The van der Waals surface area contributed by atoms with Crippen LogP contribution in [0.4, 0.5) is 5.82 Å². The average molecular weight is 338 g/mol. The van der Waals surface area contributed by atoms with Gasteiger partial charge in [0.15, 0.2) is 3.95 Å². The number of amides is 1. The molecule has 0 aliphatic carbocycles. The van der Waals surface area contributed by atoms with E-state index in [1.807, 2.05) is 30.3 Å². The number of aromatic nitrogens is 1. The Morgan fingerprint density at radius 2 is 2.14 bits per heavy atom. The summed E-state index contributed by atoms with van der Waals surface area (Å²) >= 11 is 12.1. The van der Waals surface area contributed by atoms with Gasteiger partial charge in [-0.05, 0) is 30.8 Å².